The molecule has 3 rings (SSSR count). The third-order valence-corrected chi connectivity index (χ3v) is 6.81. The van der Waals surface area contributed by atoms with Crippen LogP contribution in [0.15, 0.2) is 29.2 Å². The second-order valence-corrected chi connectivity index (χ2v) is 8.90. The molecule has 0 spiro atoms. The Morgan fingerprint density at radius 2 is 1.92 bits per heavy atom. The van der Waals surface area contributed by atoms with Crippen molar-refractivity contribution in [3.8, 4) is 0 Å². The standard InChI is InChI=1S/C15H19N5O4S2/c1-11(2)14-16-15(25-17-14)18-6-8-19(9-7-18)26(23,24)13-5-3-4-12(10-13)20(21)22/h3-5,10-11H,6-9H2,1-2H3. The van der Waals surface area contributed by atoms with Crippen molar-refractivity contribution in [2.24, 2.45) is 0 Å². The predicted octanol–water partition coefficient (Wildman–Crippen LogP) is 2.08. The minimum Gasteiger partial charge on any atom is -0.344 e. The number of rotatable bonds is 5. The van der Waals surface area contributed by atoms with Gasteiger partial charge in [-0.15, -0.1) is 0 Å². The highest BCUT2D eigenvalue weighted by molar-refractivity contribution is 7.89. The molecule has 0 atom stereocenters. The zero-order valence-electron chi connectivity index (χ0n) is 14.4. The largest absolute Gasteiger partial charge is 0.344 e. The van der Waals surface area contributed by atoms with E-state index in [1.54, 1.807) is 0 Å². The minimum absolute atomic E-state index is 0.0573. The van der Waals surface area contributed by atoms with E-state index in [9.17, 15) is 18.5 Å². The molecule has 0 radical (unpaired) electrons. The quantitative estimate of drug-likeness (QED) is 0.561. The average molecular weight is 397 g/mol. The van der Waals surface area contributed by atoms with Crippen LogP contribution in [-0.4, -0.2) is 53.2 Å². The zero-order chi connectivity index (χ0) is 18.9. The first-order chi connectivity index (χ1) is 12.3. The van der Waals surface area contributed by atoms with Gasteiger partial charge in [-0.2, -0.15) is 8.68 Å². The van der Waals surface area contributed by atoms with E-state index in [-0.39, 0.29) is 16.5 Å². The summed E-state index contributed by atoms with van der Waals surface area (Å²) in [6.07, 6.45) is 0. The lowest BCUT2D eigenvalue weighted by Crippen LogP contribution is -2.48. The molecule has 1 saturated heterocycles. The minimum atomic E-state index is -3.76. The third-order valence-electron chi connectivity index (χ3n) is 4.12. The van der Waals surface area contributed by atoms with E-state index in [0.29, 0.717) is 26.2 Å². The molecule has 1 fully saturated rings. The van der Waals surface area contributed by atoms with Gasteiger partial charge in [-0.05, 0) is 6.07 Å². The van der Waals surface area contributed by atoms with Gasteiger partial charge in [0.15, 0.2) is 0 Å². The van der Waals surface area contributed by atoms with Crippen molar-refractivity contribution in [2.45, 2.75) is 24.7 Å². The Hall–Kier alpha value is -2.11. The number of anilines is 1. The maximum Gasteiger partial charge on any atom is 0.270 e. The van der Waals surface area contributed by atoms with Crippen LogP contribution >= 0.6 is 11.5 Å². The highest BCUT2D eigenvalue weighted by atomic mass is 32.2. The van der Waals surface area contributed by atoms with Crippen LogP contribution in [0.1, 0.15) is 25.6 Å². The molecule has 1 aliphatic rings. The highest BCUT2D eigenvalue weighted by Gasteiger charge is 2.30. The van der Waals surface area contributed by atoms with E-state index in [1.807, 2.05) is 18.7 Å². The SMILES string of the molecule is CC(C)c1nsc(N2CCN(S(=O)(=O)c3cccc([N+](=O)[O-])c3)CC2)n1. The Morgan fingerprint density at radius 1 is 1.23 bits per heavy atom. The van der Waals surface area contributed by atoms with Crippen molar-refractivity contribution in [3.05, 3.63) is 40.2 Å². The lowest BCUT2D eigenvalue weighted by molar-refractivity contribution is -0.385. The fraction of sp³-hybridized carbons (Fsp3) is 0.467. The topological polar surface area (TPSA) is 110 Å². The average Bonchev–Trinajstić information content (AvgIpc) is 3.12. The van der Waals surface area contributed by atoms with E-state index >= 15 is 0 Å². The maximum absolute atomic E-state index is 12.8. The van der Waals surface area contributed by atoms with Crippen LogP contribution in [-0.2, 0) is 10.0 Å². The number of sulfonamides is 1. The number of hydrogen-bond acceptors (Lipinski definition) is 8. The summed E-state index contributed by atoms with van der Waals surface area (Å²) in [6.45, 7) is 5.63. The van der Waals surface area contributed by atoms with Crippen molar-refractivity contribution in [1.82, 2.24) is 13.7 Å². The Morgan fingerprint density at radius 3 is 2.50 bits per heavy atom. The summed E-state index contributed by atoms with van der Waals surface area (Å²) in [5.41, 5.74) is -0.236. The Labute approximate surface area is 155 Å². The molecule has 0 amide bonds. The van der Waals surface area contributed by atoms with Crippen molar-refractivity contribution in [1.29, 1.82) is 0 Å². The molecular weight excluding hydrogens is 378 g/mol. The molecule has 9 nitrogen and oxygen atoms in total. The summed E-state index contributed by atoms with van der Waals surface area (Å²) in [6, 6.07) is 5.14. The van der Waals surface area contributed by atoms with Gasteiger partial charge >= 0.3 is 0 Å². The number of hydrogen-bond donors (Lipinski definition) is 0. The van der Waals surface area contributed by atoms with E-state index in [2.05, 4.69) is 9.36 Å². The molecule has 26 heavy (non-hydrogen) atoms. The van der Waals surface area contributed by atoms with Gasteiger partial charge < -0.3 is 4.90 Å². The highest BCUT2D eigenvalue weighted by Crippen LogP contribution is 2.25. The fourth-order valence-corrected chi connectivity index (χ4v) is 4.94. The van der Waals surface area contributed by atoms with Gasteiger partial charge in [0.05, 0.1) is 9.82 Å². The maximum atomic E-state index is 12.8. The smallest absolute Gasteiger partial charge is 0.270 e. The van der Waals surface area contributed by atoms with Crippen LogP contribution in [0.3, 0.4) is 0 Å². The van der Waals surface area contributed by atoms with Crippen LogP contribution in [0.25, 0.3) is 0 Å². The fourth-order valence-electron chi connectivity index (χ4n) is 2.62. The molecule has 2 heterocycles. The van der Waals surface area contributed by atoms with Gasteiger partial charge in [0.2, 0.25) is 15.2 Å². The van der Waals surface area contributed by atoms with Gasteiger partial charge in [0.1, 0.15) is 5.82 Å². The van der Waals surface area contributed by atoms with Crippen LogP contribution < -0.4 is 4.90 Å². The van der Waals surface area contributed by atoms with Crippen molar-refractivity contribution >= 4 is 32.4 Å². The molecule has 140 valence electrons. The lowest BCUT2D eigenvalue weighted by Gasteiger charge is -2.33. The van der Waals surface area contributed by atoms with Crippen molar-refractivity contribution in [2.75, 3.05) is 31.1 Å². The summed E-state index contributed by atoms with van der Waals surface area (Å²) in [7, 11) is -3.76. The van der Waals surface area contributed by atoms with Crippen LogP contribution in [0.4, 0.5) is 10.8 Å². The number of non-ortho nitro benzene ring substituents is 1. The molecule has 1 aromatic carbocycles. The summed E-state index contributed by atoms with van der Waals surface area (Å²) < 4.78 is 31.2. The number of benzene rings is 1. The molecule has 1 aromatic heterocycles. The van der Waals surface area contributed by atoms with Crippen molar-refractivity contribution in [3.63, 3.8) is 0 Å². The molecule has 2 aromatic rings. The van der Waals surface area contributed by atoms with E-state index < -0.39 is 14.9 Å². The summed E-state index contributed by atoms with van der Waals surface area (Å²) >= 11 is 1.32. The Balaban J connectivity index is 1.72. The molecule has 0 saturated carbocycles. The summed E-state index contributed by atoms with van der Waals surface area (Å²) in [5, 5.41) is 11.7. The second kappa shape index (κ2) is 7.25. The van der Waals surface area contributed by atoms with Gasteiger partial charge in [-0.3, -0.25) is 10.1 Å². The van der Waals surface area contributed by atoms with Gasteiger partial charge in [-0.1, -0.05) is 19.9 Å². The Kier molecular flexibility index (Phi) is 5.21. The van der Waals surface area contributed by atoms with Gasteiger partial charge in [0, 0.05) is 55.8 Å². The first-order valence-electron chi connectivity index (χ1n) is 8.12. The van der Waals surface area contributed by atoms with Crippen molar-refractivity contribution < 1.29 is 13.3 Å². The van der Waals surface area contributed by atoms with Gasteiger partial charge in [0.25, 0.3) is 5.69 Å². The Bertz CT molecular complexity index is 904. The van der Waals surface area contributed by atoms with E-state index in [1.165, 1.54) is 34.0 Å². The molecule has 0 bridgehead atoms. The summed E-state index contributed by atoms with van der Waals surface area (Å²) in [5.74, 6) is 1.03. The predicted molar refractivity (Wildman–Crippen MR) is 98.1 cm³/mol. The van der Waals surface area contributed by atoms with Gasteiger partial charge in [-0.25, -0.2) is 13.4 Å². The van der Waals surface area contributed by atoms with Crippen LogP contribution in [0.2, 0.25) is 0 Å². The molecule has 0 unspecified atom stereocenters. The number of nitrogens with zero attached hydrogens (tertiary/aromatic N) is 5. The summed E-state index contributed by atoms with van der Waals surface area (Å²) in [4.78, 5) is 16.7. The van der Waals surface area contributed by atoms with E-state index in [4.69, 9.17) is 0 Å². The molecular formula is C15H19N5O4S2. The zero-order valence-corrected chi connectivity index (χ0v) is 16.0. The monoisotopic (exact) mass is 397 g/mol. The van der Waals surface area contributed by atoms with E-state index in [0.717, 1.165) is 17.0 Å². The first-order valence-corrected chi connectivity index (χ1v) is 10.3. The number of piperazine rings is 1. The number of nitro groups is 1. The van der Waals surface area contributed by atoms with Crippen LogP contribution in [0, 0.1) is 10.1 Å². The number of aromatic nitrogens is 2. The molecule has 0 N–H and O–H groups in total. The third kappa shape index (κ3) is 3.69. The first kappa shape index (κ1) is 18.7. The normalized spacial score (nSPS) is 16.2. The molecule has 1 aliphatic heterocycles. The second-order valence-electron chi connectivity index (χ2n) is 6.24. The molecule has 0 aliphatic carbocycles. The number of nitro benzene ring substituents is 1. The lowest BCUT2D eigenvalue weighted by atomic mass is 10.2. The molecule has 11 heteroatoms. The van der Waals surface area contributed by atoms with Crippen LogP contribution in [0.5, 0.6) is 0 Å².